The number of aromatic nitrogens is 1. The van der Waals surface area contributed by atoms with Gasteiger partial charge in [0.05, 0.1) is 13.0 Å². The van der Waals surface area contributed by atoms with Crippen LogP contribution in [0.5, 0.6) is 0 Å². The molecule has 0 aliphatic heterocycles. The molecule has 0 aromatic carbocycles. The molecule has 5 heteroatoms. The Morgan fingerprint density at radius 2 is 2.05 bits per heavy atom. The van der Waals surface area contributed by atoms with Crippen LogP contribution in [0.3, 0.4) is 0 Å². The Labute approximate surface area is 125 Å². The van der Waals surface area contributed by atoms with Crippen molar-refractivity contribution in [1.82, 2.24) is 9.88 Å². The zero-order valence-electron chi connectivity index (χ0n) is 12.5. The highest BCUT2D eigenvalue weighted by atomic mass is 16.5. The molecule has 114 valence electrons. The van der Waals surface area contributed by atoms with Crippen molar-refractivity contribution in [3.63, 3.8) is 0 Å². The Morgan fingerprint density at radius 3 is 2.62 bits per heavy atom. The number of rotatable bonds is 7. The lowest BCUT2D eigenvalue weighted by Gasteiger charge is -2.31. The predicted octanol–water partition coefficient (Wildman–Crippen LogP) is 2.16. The highest BCUT2D eigenvalue weighted by Gasteiger charge is 2.29. The van der Waals surface area contributed by atoms with Gasteiger partial charge in [-0.3, -0.25) is 14.6 Å². The summed E-state index contributed by atoms with van der Waals surface area (Å²) < 4.78 is 4.94. The summed E-state index contributed by atoms with van der Waals surface area (Å²) in [5, 5.41) is 0. The highest BCUT2D eigenvalue weighted by Crippen LogP contribution is 2.28. The molecule has 0 atom stereocenters. The quantitative estimate of drug-likeness (QED) is 0.722. The summed E-state index contributed by atoms with van der Waals surface area (Å²) in [5.41, 5.74) is 1.03. The van der Waals surface area contributed by atoms with E-state index in [1.807, 2.05) is 12.1 Å². The van der Waals surface area contributed by atoms with Gasteiger partial charge < -0.3 is 9.64 Å². The summed E-state index contributed by atoms with van der Waals surface area (Å²) in [4.78, 5) is 29.7. The van der Waals surface area contributed by atoms with Gasteiger partial charge in [-0.05, 0) is 37.5 Å². The van der Waals surface area contributed by atoms with Crippen LogP contribution in [0.25, 0.3) is 0 Å². The molecule has 0 saturated heterocycles. The summed E-state index contributed by atoms with van der Waals surface area (Å²) in [6, 6.07) is 3.79. The van der Waals surface area contributed by atoms with E-state index in [2.05, 4.69) is 4.98 Å². The van der Waals surface area contributed by atoms with Gasteiger partial charge in [-0.1, -0.05) is 6.42 Å². The molecule has 0 bridgehead atoms. The Balaban J connectivity index is 1.96. The molecular formula is C16H22N2O3. The first-order valence-electron chi connectivity index (χ1n) is 7.54. The average molecular weight is 290 g/mol. The second kappa shape index (κ2) is 7.76. The van der Waals surface area contributed by atoms with E-state index in [4.69, 9.17) is 4.74 Å². The molecule has 1 saturated carbocycles. The van der Waals surface area contributed by atoms with Gasteiger partial charge in [-0.15, -0.1) is 0 Å². The number of hydrogen-bond acceptors (Lipinski definition) is 4. The van der Waals surface area contributed by atoms with Gasteiger partial charge in [0.1, 0.15) is 0 Å². The Kier molecular flexibility index (Phi) is 5.72. The lowest BCUT2D eigenvalue weighted by molar-refractivity contribution is -0.145. The molecule has 21 heavy (non-hydrogen) atoms. The fourth-order valence-electron chi connectivity index (χ4n) is 2.35. The zero-order chi connectivity index (χ0) is 15.1. The molecule has 1 aromatic heterocycles. The van der Waals surface area contributed by atoms with Crippen molar-refractivity contribution < 1.29 is 14.3 Å². The fourth-order valence-corrected chi connectivity index (χ4v) is 2.35. The molecule has 1 heterocycles. The molecule has 0 radical (unpaired) electrons. The third-order valence-electron chi connectivity index (χ3n) is 3.78. The summed E-state index contributed by atoms with van der Waals surface area (Å²) in [6.07, 6.45) is 6.73. The molecule has 5 nitrogen and oxygen atoms in total. The van der Waals surface area contributed by atoms with Gasteiger partial charge in [0.25, 0.3) is 0 Å². The van der Waals surface area contributed by atoms with Gasteiger partial charge in [0, 0.05) is 31.4 Å². The van der Waals surface area contributed by atoms with Gasteiger partial charge >= 0.3 is 5.97 Å². The van der Waals surface area contributed by atoms with Crippen molar-refractivity contribution in [3.8, 4) is 0 Å². The van der Waals surface area contributed by atoms with Crippen LogP contribution in [0.15, 0.2) is 24.5 Å². The van der Waals surface area contributed by atoms with E-state index in [0.29, 0.717) is 19.7 Å². The summed E-state index contributed by atoms with van der Waals surface area (Å²) >= 11 is 0. The van der Waals surface area contributed by atoms with Crippen molar-refractivity contribution in [3.05, 3.63) is 30.1 Å². The first-order valence-corrected chi connectivity index (χ1v) is 7.54. The van der Waals surface area contributed by atoms with E-state index in [-0.39, 0.29) is 24.2 Å². The van der Waals surface area contributed by atoms with Gasteiger partial charge in [0.2, 0.25) is 5.91 Å². The van der Waals surface area contributed by atoms with Crippen LogP contribution >= 0.6 is 0 Å². The van der Waals surface area contributed by atoms with Crippen LogP contribution in [-0.4, -0.2) is 34.9 Å². The Hall–Kier alpha value is -1.91. The molecule has 1 aromatic rings. The maximum Gasteiger partial charge on any atom is 0.307 e. The molecular weight excluding hydrogens is 268 g/mol. The number of carbonyl (C=O) groups excluding carboxylic acids is 2. The molecule has 2 rings (SSSR count). The minimum absolute atomic E-state index is 0.133. The Morgan fingerprint density at radius 1 is 1.33 bits per heavy atom. The lowest BCUT2D eigenvalue weighted by Crippen LogP contribution is -2.39. The predicted molar refractivity (Wildman–Crippen MR) is 78.2 cm³/mol. The molecule has 0 N–H and O–H groups in total. The molecule has 0 spiro atoms. The number of pyridine rings is 1. The van der Waals surface area contributed by atoms with E-state index in [0.717, 1.165) is 24.8 Å². The second-order valence-corrected chi connectivity index (χ2v) is 5.30. The fraction of sp³-hybridized carbons (Fsp3) is 0.562. The third kappa shape index (κ3) is 4.55. The van der Waals surface area contributed by atoms with Crippen LogP contribution in [0.1, 0.15) is 38.2 Å². The number of amides is 1. The van der Waals surface area contributed by atoms with Crippen LogP contribution < -0.4 is 0 Å². The van der Waals surface area contributed by atoms with Crippen LogP contribution in [0.2, 0.25) is 0 Å². The smallest absolute Gasteiger partial charge is 0.307 e. The minimum Gasteiger partial charge on any atom is -0.466 e. The topological polar surface area (TPSA) is 59.5 Å². The van der Waals surface area contributed by atoms with Crippen LogP contribution in [-0.2, 0) is 20.9 Å². The van der Waals surface area contributed by atoms with E-state index >= 15 is 0 Å². The van der Waals surface area contributed by atoms with Crippen molar-refractivity contribution in [2.75, 3.05) is 13.2 Å². The zero-order valence-corrected chi connectivity index (χ0v) is 12.5. The SMILES string of the molecule is CCOC(=O)CCN(Cc1ccncc1)C(=O)C1CCC1. The van der Waals surface area contributed by atoms with Crippen LogP contribution in [0, 0.1) is 5.92 Å². The molecule has 0 unspecified atom stereocenters. The molecule has 1 aliphatic rings. The normalized spacial score (nSPS) is 14.3. The van der Waals surface area contributed by atoms with Crippen molar-refractivity contribution in [2.45, 2.75) is 39.2 Å². The summed E-state index contributed by atoms with van der Waals surface area (Å²) in [5.74, 6) is 0.0371. The first kappa shape index (κ1) is 15.5. The van der Waals surface area contributed by atoms with E-state index in [1.54, 1.807) is 24.2 Å². The largest absolute Gasteiger partial charge is 0.466 e. The van der Waals surface area contributed by atoms with Gasteiger partial charge in [-0.25, -0.2) is 0 Å². The maximum atomic E-state index is 12.5. The number of carbonyl (C=O) groups is 2. The molecule has 1 aliphatic carbocycles. The number of nitrogens with zero attached hydrogens (tertiary/aromatic N) is 2. The van der Waals surface area contributed by atoms with Gasteiger partial charge in [0.15, 0.2) is 0 Å². The lowest BCUT2D eigenvalue weighted by atomic mass is 9.84. The second-order valence-electron chi connectivity index (χ2n) is 5.30. The Bertz CT molecular complexity index is 472. The van der Waals surface area contributed by atoms with Crippen molar-refractivity contribution in [2.24, 2.45) is 5.92 Å². The monoisotopic (exact) mass is 290 g/mol. The van der Waals surface area contributed by atoms with Gasteiger partial charge in [-0.2, -0.15) is 0 Å². The number of hydrogen-bond donors (Lipinski definition) is 0. The van der Waals surface area contributed by atoms with Crippen molar-refractivity contribution >= 4 is 11.9 Å². The minimum atomic E-state index is -0.251. The summed E-state index contributed by atoms with van der Waals surface area (Å²) in [7, 11) is 0. The number of ether oxygens (including phenoxy) is 1. The van der Waals surface area contributed by atoms with E-state index in [9.17, 15) is 9.59 Å². The van der Waals surface area contributed by atoms with Crippen molar-refractivity contribution in [1.29, 1.82) is 0 Å². The maximum absolute atomic E-state index is 12.5. The standard InChI is InChI=1S/C16H22N2O3/c1-2-21-15(19)8-11-18(16(20)14-4-3-5-14)12-13-6-9-17-10-7-13/h6-7,9-10,14H,2-5,8,11-12H2,1H3. The average Bonchev–Trinajstić information content (AvgIpc) is 2.43. The van der Waals surface area contributed by atoms with Crippen LogP contribution in [0.4, 0.5) is 0 Å². The van der Waals surface area contributed by atoms with E-state index < -0.39 is 0 Å². The third-order valence-corrected chi connectivity index (χ3v) is 3.78. The molecule has 1 fully saturated rings. The van der Waals surface area contributed by atoms with E-state index in [1.165, 1.54) is 0 Å². The number of esters is 1. The highest BCUT2D eigenvalue weighted by molar-refractivity contribution is 5.80. The molecule has 1 amide bonds. The first-order chi connectivity index (χ1) is 10.2. The summed E-state index contributed by atoms with van der Waals surface area (Å²) in [6.45, 7) is 3.10.